The molecule has 0 aliphatic carbocycles. The highest BCUT2D eigenvalue weighted by Gasteiger charge is 2.13. The van der Waals surface area contributed by atoms with Crippen molar-refractivity contribution in [3.63, 3.8) is 0 Å². The predicted molar refractivity (Wildman–Crippen MR) is 83.8 cm³/mol. The van der Waals surface area contributed by atoms with Crippen LogP contribution in [0.25, 0.3) is 0 Å². The summed E-state index contributed by atoms with van der Waals surface area (Å²) in [6, 6.07) is 0.266. The summed E-state index contributed by atoms with van der Waals surface area (Å²) in [4.78, 5) is 8.53. The fraction of sp³-hybridized carbons (Fsp3) is 0.714. The van der Waals surface area contributed by atoms with Gasteiger partial charge in [0.2, 0.25) is 0 Å². The van der Waals surface area contributed by atoms with Crippen LogP contribution in [0.3, 0.4) is 0 Å². The zero-order valence-electron chi connectivity index (χ0n) is 12.8. The molecule has 0 aromatic carbocycles. The number of anilines is 1. The van der Waals surface area contributed by atoms with E-state index in [0.717, 1.165) is 31.5 Å². The molecule has 1 heterocycles. The molecule has 5 nitrogen and oxygen atoms in total. The first kappa shape index (κ1) is 16.9. The number of rotatable bonds is 9. The van der Waals surface area contributed by atoms with Crippen LogP contribution in [0, 0.1) is 6.92 Å². The number of aromatic nitrogens is 2. The van der Waals surface area contributed by atoms with Crippen molar-refractivity contribution in [3.05, 3.63) is 12.0 Å². The minimum Gasteiger partial charge on any atom is -0.491 e. The fourth-order valence-corrected chi connectivity index (χ4v) is 2.57. The second kappa shape index (κ2) is 8.89. The monoisotopic (exact) mass is 299 g/mol. The molecule has 1 aromatic heterocycles. The Morgan fingerprint density at radius 3 is 2.80 bits per heavy atom. The average Bonchev–Trinajstić information content (AvgIpc) is 2.42. The minimum absolute atomic E-state index is 0.266. The Hall–Kier alpha value is -1.17. The lowest BCUT2D eigenvalue weighted by atomic mass is 10.1. The van der Waals surface area contributed by atoms with Crippen LogP contribution in [-0.2, 0) is 10.8 Å². The molecule has 0 radical (unpaired) electrons. The average molecular weight is 299 g/mol. The first-order valence-electron chi connectivity index (χ1n) is 7.01. The van der Waals surface area contributed by atoms with Gasteiger partial charge in [0.1, 0.15) is 5.82 Å². The van der Waals surface area contributed by atoms with Crippen molar-refractivity contribution in [2.75, 3.05) is 24.4 Å². The molecule has 0 spiro atoms. The van der Waals surface area contributed by atoms with E-state index < -0.39 is 10.8 Å². The molecule has 0 aliphatic heterocycles. The molecule has 0 saturated carbocycles. The lowest BCUT2D eigenvalue weighted by Crippen LogP contribution is -2.23. The van der Waals surface area contributed by atoms with Gasteiger partial charge in [0, 0.05) is 28.9 Å². The van der Waals surface area contributed by atoms with Crippen LogP contribution in [0.15, 0.2) is 6.20 Å². The van der Waals surface area contributed by atoms with E-state index in [4.69, 9.17) is 4.74 Å². The Balaban J connectivity index is 2.76. The molecule has 2 atom stereocenters. The number of nitrogens with one attached hydrogen (secondary N) is 1. The standard InChI is InChI=1S/C14H25N3O2S/c1-5-6-7-12(8-9-20(4)18)17-14-13(19-3)10-15-11(2)16-14/h10,12H,5-9H2,1-4H3,(H,15,16,17)/t12-,20?/m0/s1. The van der Waals surface area contributed by atoms with Gasteiger partial charge >= 0.3 is 0 Å². The molecule has 114 valence electrons. The van der Waals surface area contributed by atoms with E-state index in [2.05, 4.69) is 22.2 Å². The van der Waals surface area contributed by atoms with Gasteiger partial charge in [0.25, 0.3) is 0 Å². The van der Waals surface area contributed by atoms with Crippen molar-refractivity contribution < 1.29 is 8.95 Å². The van der Waals surface area contributed by atoms with Crippen LogP contribution in [-0.4, -0.2) is 39.3 Å². The first-order chi connectivity index (χ1) is 9.56. The molecule has 0 bridgehead atoms. The van der Waals surface area contributed by atoms with Crippen molar-refractivity contribution >= 4 is 16.6 Å². The number of ether oxygens (including phenoxy) is 1. The number of aryl methyl sites for hydroxylation is 1. The van der Waals surface area contributed by atoms with Gasteiger partial charge in [-0.3, -0.25) is 4.21 Å². The maximum Gasteiger partial charge on any atom is 0.179 e. The molecular formula is C14H25N3O2S. The molecule has 0 saturated heterocycles. The van der Waals surface area contributed by atoms with Gasteiger partial charge in [-0.1, -0.05) is 19.8 Å². The minimum atomic E-state index is -0.765. The molecule has 0 fully saturated rings. The summed E-state index contributed by atoms with van der Waals surface area (Å²) in [6.07, 6.45) is 7.62. The molecule has 1 N–H and O–H groups in total. The number of hydrogen-bond acceptors (Lipinski definition) is 5. The summed E-state index contributed by atoms with van der Waals surface area (Å²) in [5, 5.41) is 3.42. The lowest BCUT2D eigenvalue weighted by Gasteiger charge is -2.20. The normalized spacial score (nSPS) is 13.8. The molecule has 1 aromatic rings. The van der Waals surface area contributed by atoms with Gasteiger partial charge in [0.15, 0.2) is 11.6 Å². The van der Waals surface area contributed by atoms with Gasteiger partial charge in [-0.15, -0.1) is 0 Å². The third-order valence-corrected chi connectivity index (χ3v) is 3.91. The number of unbranched alkanes of at least 4 members (excludes halogenated alkanes) is 1. The summed E-state index contributed by atoms with van der Waals surface area (Å²) in [5.41, 5.74) is 0. The third kappa shape index (κ3) is 5.86. The van der Waals surface area contributed by atoms with E-state index >= 15 is 0 Å². The number of nitrogens with zero attached hydrogens (tertiary/aromatic N) is 2. The van der Waals surface area contributed by atoms with Crippen LogP contribution < -0.4 is 10.1 Å². The Morgan fingerprint density at radius 1 is 1.45 bits per heavy atom. The predicted octanol–water partition coefficient (Wildman–Crippen LogP) is 2.53. The Kier molecular flexibility index (Phi) is 7.51. The highest BCUT2D eigenvalue weighted by atomic mass is 32.2. The van der Waals surface area contributed by atoms with Crippen molar-refractivity contribution in [3.8, 4) is 5.75 Å². The highest BCUT2D eigenvalue weighted by Crippen LogP contribution is 2.22. The maximum atomic E-state index is 11.3. The molecular weight excluding hydrogens is 274 g/mol. The summed E-state index contributed by atoms with van der Waals surface area (Å²) >= 11 is 0. The zero-order valence-corrected chi connectivity index (χ0v) is 13.6. The molecule has 0 amide bonds. The van der Waals surface area contributed by atoms with Crippen LogP contribution in [0.4, 0.5) is 5.82 Å². The topological polar surface area (TPSA) is 64.1 Å². The first-order valence-corrected chi connectivity index (χ1v) is 8.73. The quantitative estimate of drug-likeness (QED) is 0.759. The van der Waals surface area contributed by atoms with E-state index in [1.807, 2.05) is 6.92 Å². The van der Waals surface area contributed by atoms with Crippen molar-refractivity contribution in [2.24, 2.45) is 0 Å². The van der Waals surface area contributed by atoms with Crippen LogP contribution in [0.2, 0.25) is 0 Å². The fourth-order valence-electron chi connectivity index (χ4n) is 1.95. The molecule has 20 heavy (non-hydrogen) atoms. The summed E-state index contributed by atoms with van der Waals surface area (Å²) in [5.74, 6) is 2.78. The lowest BCUT2D eigenvalue weighted by molar-refractivity contribution is 0.411. The van der Waals surface area contributed by atoms with Crippen molar-refractivity contribution in [1.29, 1.82) is 0 Å². The summed E-state index contributed by atoms with van der Waals surface area (Å²) in [6.45, 7) is 4.03. The Morgan fingerprint density at radius 2 is 2.20 bits per heavy atom. The van der Waals surface area contributed by atoms with E-state index in [1.165, 1.54) is 0 Å². The van der Waals surface area contributed by atoms with Gasteiger partial charge in [-0.05, 0) is 19.8 Å². The van der Waals surface area contributed by atoms with Gasteiger partial charge < -0.3 is 10.1 Å². The van der Waals surface area contributed by atoms with Gasteiger partial charge in [-0.25, -0.2) is 9.97 Å². The number of hydrogen-bond donors (Lipinski definition) is 1. The van der Waals surface area contributed by atoms with Crippen molar-refractivity contribution in [2.45, 2.75) is 45.6 Å². The maximum absolute atomic E-state index is 11.3. The van der Waals surface area contributed by atoms with Crippen LogP contribution in [0.1, 0.15) is 38.4 Å². The van der Waals surface area contributed by atoms with Crippen molar-refractivity contribution in [1.82, 2.24) is 9.97 Å². The molecule has 1 rings (SSSR count). The zero-order chi connectivity index (χ0) is 15.0. The number of methoxy groups -OCH3 is 1. The smallest absolute Gasteiger partial charge is 0.179 e. The van der Waals surface area contributed by atoms with E-state index in [1.54, 1.807) is 19.6 Å². The molecule has 1 unspecified atom stereocenters. The highest BCUT2D eigenvalue weighted by molar-refractivity contribution is 7.84. The third-order valence-electron chi connectivity index (χ3n) is 3.10. The SMILES string of the molecule is CCCC[C@@H](CCS(C)=O)Nc1nc(C)ncc1OC. The molecule has 0 aliphatic rings. The Bertz CT molecular complexity index is 440. The largest absolute Gasteiger partial charge is 0.491 e. The van der Waals surface area contributed by atoms with E-state index in [0.29, 0.717) is 17.3 Å². The molecule has 6 heteroatoms. The summed E-state index contributed by atoms with van der Waals surface area (Å²) < 4.78 is 16.6. The van der Waals surface area contributed by atoms with Gasteiger partial charge in [-0.2, -0.15) is 0 Å². The van der Waals surface area contributed by atoms with Crippen LogP contribution in [0.5, 0.6) is 5.75 Å². The van der Waals surface area contributed by atoms with E-state index in [-0.39, 0.29) is 6.04 Å². The second-order valence-electron chi connectivity index (χ2n) is 4.88. The second-order valence-corrected chi connectivity index (χ2v) is 6.44. The Labute approximate surface area is 124 Å². The van der Waals surface area contributed by atoms with Crippen LogP contribution >= 0.6 is 0 Å². The van der Waals surface area contributed by atoms with E-state index in [9.17, 15) is 4.21 Å². The summed E-state index contributed by atoms with van der Waals surface area (Å²) in [7, 11) is 0.847. The van der Waals surface area contributed by atoms with Gasteiger partial charge in [0.05, 0.1) is 13.3 Å².